The highest BCUT2D eigenvalue weighted by molar-refractivity contribution is 7.08. The molecule has 23 heavy (non-hydrogen) atoms. The van der Waals surface area contributed by atoms with Gasteiger partial charge in [0.25, 0.3) is 0 Å². The average Bonchev–Trinajstić information content (AvgIpc) is 3.24. The van der Waals surface area contributed by atoms with Crippen LogP contribution in [-0.4, -0.2) is 40.6 Å². The van der Waals surface area contributed by atoms with Gasteiger partial charge in [0.1, 0.15) is 0 Å². The number of imidazole rings is 1. The van der Waals surface area contributed by atoms with E-state index in [0.29, 0.717) is 5.92 Å². The maximum atomic E-state index is 4.70. The van der Waals surface area contributed by atoms with Gasteiger partial charge in [-0.1, -0.05) is 19.1 Å². The van der Waals surface area contributed by atoms with E-state index in [4.69, 9.17) is 4.98 Å². The molecule has 1 saturated heterocycles. The first-order chi connectivity index (χ1) is 11.3. The molecule has 2 aliphatic rings. The number of fused-ring (bicyclic) bond motifs is 1. The van der Waals surface area contributed by atoms with E-state index in [2.05, 4.69) is 56.9 Å². The third-order valence-corrected chi connectivity index (χ3v) is 5.21. The van der Waals surface area contributed by atoms with E-state index >= 15 is 0 Å². The second-order valence-electron chi connectivity index (χ2n) is 6.22. The number of thiophene rings is 1. The van der Waals surface area contributed by atoms with Crippen LogP contribution in [0.2, 0.25) is 0 Å². The van der Waals surface area contributed by atoms with Crippen LogP contribution in [0.4, 0.5) is 0 Å². The van der Waals surface area contributed by atoms with Gasteiger partial charge in [-0.3, -0.25) is 4.57 Å². The fraction of sp³-hybridized carbons (Fsp3) is 0.389. The minimum Gasteiger partial charge on any atom is -0.366 e. The van der Waals surface area contributed by atoms with Crippen molar-refractivity contribution in [3.05, 3.63) is 52.8 Å². The molecule has 2 aliphatic heterocycles. The van der Waals surface area contributed by atoms with Crippen molar-refractivity contribution in [3.63, 3.8) is 0 Å². The summed E-state index contributed by atoms with van der Waals surface area (Å²) in [7, 11) is 0. The highest BCUT2D eigenvalue weighted by Crippen LogP contribution is 2.30. The third-order valence-electron chi connectivity index (χ3n) is 4.53. The monoisotopic (exact) mass is 326 g/mol. The van der Waals surface area contributed by atoms with E-state index in [9.17, 15) is 0 Å². The molecule has 4 heterocycles. The average molecular weight is 326 g/mol. The smallest absolute Gasteiger partial charge is 0.160 e. The summed E-state index contributed by atoms with van der Waals surface area (Å²) >= 11 is 1.74. The molecule has 0 aliphatic carbocycles. The highest BCUT2D eigenvalue weighted by atomic mass is 32.1. The predicted octanol–water partition coefficient (Wildman–Crippen LogP) is 3.12. The Morgan fingerprint density at radius 2 is 2.13 bits per heavy atom. The van der Waals surface area contributed by atoms with Crippen LogP contribution < -0.4 is 5.32 Å². The quantitative estimate of drug-likeness (QED) is 0.920. The summed E-state index contributed by atoms with van der Waals surface area (Å²) < 4.78 is 2.26. The van der Waals surface area contributed by atoms with Crippen LogP contribution >= 0.6 is 11.3 Å². The van der Waals surface area contributed by atoms with E-state index in [1.165, 1.54) is 17.0 Å². The predicted molar refractivity (Wildman–Crippen MR) is 96.1 cm³/mol. The zero-order chi connectivity index (χ0) is 15.6. The van der Waals surface area contributed by atoms with Crippen molar-refractivity contribution >= 4 is 22.7 Å². The van der Waals surface area contributed by atoms with Gasteiger partial charge in [0.05, 0.1) is 11.4 Å². The number of nitrogens with one attached hydrogen (secondary N) is 1. The van der Waals surface area contributed by atoms with Gasteiger partial charge in [0.15, 0.2) is 5.82 Å². The van der Waals surface area contributed by atoms with Crippen LogP contribution in [0.5, 0.6) is 0 Å². The number of piperazine rings is 1. The molecule has 1 fully saturated rings. The molecule has 0 bridgehead atoms. The van der Waals surface area contributed by atoms with Crippen LogP contribution in [0.3, 0.4) is 0 Å². The van der Waals surface area contributed by atoms with Gasteiger partial charge < -0.3 is 10.2 Å². The first-order valence-corrected chi connectivity index (χ1v) is 9.21. The number of nitrogens with zero attached hydrogens (tertiary/aromatic N) is 3. The van der Waals surface area contributed by atoms with Crippen LogP contribution in [0, 0.1) is 5.92 Å². The van der Waals surface area contributed by atoms with E-state index in [1.54, 1.807) is 11.3 Å². The zero-order valence-electron chi connectivity index (χ0n) is 13.4. The molecule has 2 aromatic heterocycles. The van der Waals surface area contributed by atoms with Crippen molar-refractivity contribution in [1.29, 1.82) is 0 Å². The summed E-state index contributed by atoms with van der Waals surface area (Å²) in [6, 6.07) is 2.20. The first kappa shape index (κ1) is 14.7. The Labute approximate surface area is 141 Å². The molecule has 0 spiro atoms. The van der Waals surface area contributed by atoms with Gasteiger partial charge in [-0.2, -0.15) is 11.3 Å². The Morgan fingerprint density at radius 1 is 1.26 bits per heavy atom. The van der Waals surface area contributed by atoms with Crippen LogP contribution in [0.15, 0.2) is 41.4 Å². The number of rotatable bonds is 2. The van der Waals surface area contributed by atoms with Crippen molar-refractivity contribution in [3.8, 4) is 0 Å². The van der Waals surface area contributed by atoms with Crippen LogP contribution in [-0.2, 0) is 0 Å². The standard InChI is InChI=1S/C18H22N4S/c1-14-2-3-16(21-8-5-19-6-9-21)18-20-7-10-22(18)17(12-14)15-4-11-23-13-15/h3-4,7,10-14,19H,2,5-6,8-9H2,1H3. The molecule has 0 amide bonds. The first-order valence-electron chi connectivity index (χ1n) is 8.27. The summed E-state index contributed by atoms with van der Waals surface area (Å²) in [5.74, 6) is 1.58. The second-order valence-corrected chi connectivity index (χ2v) is 7.00. The number of aromatic nitrogens is 2. The summed E-state index contributed by atoms with van der Waals surface area (Å²) in [5.41, 5.74) is 3.82. The zero-order valence-corrected chi connectivity index (χ0v) is 14.2. The topological polar surface area (TPSA) is 33.1 Å². The van der Waals surface area contributed by atoms with Gasteiger partial charge in [-0.15, -0.1) is 0 Å². The largest absolute Gasteiger partial charge is 0.366 e. The number of hydrogen-bond donors (Lipinski definition) is 1. The van der Waals surface area contributed by atoms with Crippen molar-refractivity contribution < 1.29 is 0 Å². The lowest BCUT2D eigenvalue weighted by Crippen LogP contribution is -2.42. The highest BCUT2D eigenvalue weighted by Gasteiger charge is 2.22. The van der Waals surface area contributed by atoms with E-state index in [-0.39, 0.29) is 0 Å². The lowest BCUT2D eigenvalue weighted by molar-refractivity contribution is 0.337. The van der Waals surface area contributed by atoms with E-state index in [1.807, 2.05) is 6.20 Å². The molecule has 0 aromatic carbocycles. The van der Waals surface area contributed by atoms with Crippen LogP contribution in [0.1, 0.15) is 24.7 Å². The van der Waals surface area contributed by atoms with Crippen molar-refractivity contribution in [2.45, 2.75) is 13.3 Å². The van der Waals surface area contributed by atoms with Gasteiger partial charge in [0, 0.05) is 49.5 Å². The summed E-state index contributed by atoms with van der Waals surface area (Å²) in [6.07, 6.45) is 9.81. The lowest BCUT2D eigenvalue weighted by atomic mass is 10.0. The molecule has 4 nitrogen and oxygen atoms in total. The van der Waals surface area contributed by atoms with Crippen LogP contribution in [0.25, 0.3) is 11.4 Å². The molecule has 0 radical (unpaired) electrons. The normalized spacial score (nSPS) is 22.0. The molecule has 1 N–H and O–H groups in total. The fourth-order valence-corrected chi connectivity index (χ4v) is 3.97. The fourth-order valence-electron chi connectivity index (χ4n) is 3.32. The summed E-state index contributed by atoms with van der Waals surface area (Å²) in [5, 5.41) is 7.80. The maximum absolute atomic E-state index is 4.70. The minimum absolute atomic E-state index is 0.512. The Bertz CT molecular complexity index is 720. The molecule has 0 saturated carbocycles. The Morgan fingerprint density at radius 3 is 2.91 bits per heavy atom. The lowest BCUT2D eigenvalue weighted by Gasteiger charge is -2.32. The summed E-state index contributed by atoms with van der Waals surface area (Å²) in [6.45, 7) is 6.47. The maximum Gasteiger partial charge on any atom is 0.160 e. The molecule has 1 atom stereocenters. The van der Waals surface area contributed by atoms with Crippen molar-refractivity contribution in [1.82, 2.24) is 19.8 Å². The summed E-state index contributed by atoms with van der Waals surface area (Å²) in [4.78, 5) is 7.17. The minimum atomic E-state index is 0.512. The van der Waals surface area contributed by atoms with Gasteiger partial charge in [-0.25, -0.2) is 4.98 Å². The SMILES string of the molecule is CC1C=C(c2ccsc2)n2ccnc2C(N2CCNCC2)=CC1. The Hall–Kier alpha value is -1.85. The van der Waals surface area contributed by atoms with Crippen molar-refractivity contribution in [2.24, 2.45) is 5.92 Å². The van der Waals surface area contributed by atoms with E-state index in [0.717, 1.165) is 38.4 Å². The molecule has 5 heteroatoms. The van der Waals surface area contributed by atoms with Gasteiger partial charge in [0.2, 0.25) is 0 Å². The number of hydrogen-bond acceptors (Lipinski definition) is 4. The third kappa shape index (κ3) is 2.86. The Balaban J connectivity index is 1.79. The molecule has 4 rings (SSSR count). The second kappa shape index (κ2) is 6.34. The molecular formula is C18H22N4S. The van der Waals surface area contributed by atoms with E-state index < -0.39 is 0 Å². The Kier molecular flexibility index (Phi) is 4.06. The molecule has 2 aromatic rings. The molecule has 120 valence electrons. The van der Waals surface area contributed by atoms with Gasteiger partial charge >= 0.3 is 0 Å². The number of allylic oxidation sites excluding steroid dienone is 2. The molecule has 1 unspecified atom stereocenters. The molecular weight excluding hydrogens is 304 g/mol. The van der Waals surface area contributed by atoms with Gasteiger partial charge in [-0.05, 0) is 23.8 Å². The van der Waals surface area contributed by atoms with Crippen molar-refractivity contribution in [2.75, 3.05) is 26.2 Å².